The zero-order valence-electron chi connectivity index (χ0n) is 8.22. The molecule has 2 nitrogen and oxygen atoms in total. The average molecular weight is 208 g/mol. The molecule has 1 unspecified atom stereocenters. The van der Waals surface area contributed by atoms with Crippen LogP contribution in [0.25, 0.3) is 0 Å². The first-order chi connectivity index (χ1) is 5.90. The van der Waals surface area contributed by atoms with Crippen LogP contribution in [0.1, 0.15) is 33.1 Å². The summed E-state index contributed by atoms with van der Waals surface area (Å²) < 4.78 is 36.2. The Balaban J connectivity index is 2.66. The lowest BCUT2D eigenvalue weighted by atomic mass is 9.84. The van der Waals surface area contributed by atoms with Crippen LogP contribution in [-0.2, 0) is 9.84 Å². The fraction of sp³-hybridized carbons (Fsp3) is 1.00. The Kier molecular flexibility index (Phi) is 3.00. The normalized spacial score (nSPS) is 28.2. The molecule has 1 atom stereocenters. The lowest BCUT2D eigenvalue weighted by Gasteiger charge is -2.34. The summed E-state index contributed by atoms with van der Waals surface area (Å²) in [4.78, 5) is 0. The third kappa shape index (κ3) is 2.42. The van der Waals surface area contributed by atoms with Gasteiger partial charge in [-0.3, -0.25) is 0 Å². The summed E-state index contributed by atoms with van der Waals surface area (Å²) in [5, 5.41) is 0. The summed E-state index contributed by atoms with van der Waals surface area (Å²) >= 11 is 0. The highest BCUT2D eigenvalue weighted by molar-refractivity contribution is 7.91. The van der Waals surface area contributed by atoms with Gasteiger partial charge < -0.3 is 0 Å². The standard InChI is InChI=1S/C9H17FO2S/c1-3-8(2)9(10)4-6-13(11,12)7-5-9/h8H,3-7H2,1-2H3. The molecule has 0 aromatic heterocycles. The van der Waals surface area contributed by atoms with Crippen molar-refractivity contribution >= 4 is 9.84 Å². The SMILES string of the molecule is CCC(C)C1(F)CCS(=O)(=O)CC1. The number of sulfone groups is 1. The van der Waals surface area contributed by atoms with E-state index in [1.807, 2.05) is 13.8 Å². The van der Waals surface area contributed by atoms with Crippen molar-refractivity contribution < 1.29 is 12.8 Å². The van der Waals surface area contributed by atoms with Crippen molar-refractivity contribution in [3.63, 3.8) is 0 Å². The average Bonchev–Trinajstić information content (AvgIpc) is 2.09. The maximum absolute atomic E-state index is 14.0. The Labute approximate surface area is 79.4 Å². The predicted molar refractivity (Wildman–Crippen MR) is 51.2 cm³/mol. The molecule has 0 radical (unpaired) electrons. The zero-order chi connectivity index (χ0) is 10.1. The molecule has 1 saturated heterocycles. The molecule has 0 aromatic rings. The number of rotatable bonds is 2. The van der Waals surface area contributed by atoms with E-state index in [2.05, 4.69) is 0 Å². The molecular formula is C9H17FO2S. The van der Waals surface area contributed by atoms with Gasteiger partial charge in [0.25, 0.3) is 0 Å². The van der Waals surface area contributed by atoms with Crippen LogP contribution in [0.2, 0.25) is 0 Å². The summed E-state index contributed by atoms with van der Waals surface area (Å²) in [5.74, 6) is 0.0183. The third-order valence-corrected chi connectivity index (χ3v) is 4.81. The molecule has 0 N–H and O–H groups in total. The van der Waals surface area contributed by atoms with E-state index in [-0.39, 0.29) is 30.3 Å². The molecule has 0 spiro atoms. The molecule has 78 valence electrons. The summed E-state index contributed by atoms with van der Waals surface area (Å²) in [5.41, 5.74) is -1.24. The predicted octanol–water partition coefficient (Wildman–Crippen LogP) is 1.95. The molecule has 0 saturated carbocycles. The summed E-state index contributed by atoms with van der Waals surface area (Å²) in [6, 6.07) is 0. The van der Waals surface area contributed by atoms with Crippen LogP contribution in [0.5, 0.6) is 0 Å². The van der Waals surface area contributed by atoms with Crippen molar-refractivity contribution in [3.8, 4) is 0 Å². The van der Waals surface area contributed by atoms with Gasteiger partial charge in [-0.25, -0.2) is 12.8 Å². The second-order valence-electron chi connectivity index (χ2n) is 4.00. The van der Waals surface area contributed by atoms with Gasteiger partial charge in [0.1, 0.15) is 5.67 Å². The topological polar surface area (TPSA) is 34.1 Å². The van der Waals surface area contributed by atoms with E-state index < -0.39 is 15.5 Å². The molecule has 1 heterocycles. The Bertz CT molecular complexity index is 257. The Morgan fingerprint density at radius 2 is 1.85 bits per heavy atom. The van der Waals surface area contributed by atoms with E-state index >= 15 is 0 Å². The molecular weight excluding hydrogens is 191 g/mol. The maximum Gasteiger partial charge on any atom is 0.150 e. The Morgan fingerprint density at radius 1 is 1.38 bits per heavy atom. The molecule has 0 amide bonds. The first kappa shape index (κ1) is 11.0. The van der Waals surface area contributed by atoms with Crippen LogP contribution in [-0.4, -0.2) is 25.6 Å². The van der Waals surface area contributed by atoms with E-state index in [1.54, 1.807) is 0 Å². The lowest BCUT2D eigenvalue weighted by Crippen LogP contribution is -2.40. The largest absolute Gasteiger partial charge is 0.244 e. The van der Waals surface area contributed by atoms with E-state index in [9.17, 15) is 12.8 Å². The molecule has 13 heavy (non-hydrogen) atoms. The fourth-order valence-electron chi connectivity index (χ4n) is 1.74. The van der Waals surface area contributed by atoms with Crippen LogP contribution >= 0.6 is 0 Å². The van der Waals surface area contributed by atoms with Gasteiger partial charge in [0, 0.05) is 0 Å². The van der Waals surface area contributed by atoms with Gasteiger partial charge in [0.2, 0.25) is 0 Å². The summed E-state index contributed by atoms with van der Waals surface area (Å²) in [7, 11) is -2.94. The minimum Gasteiger partial charge on any atom is -0.244 e. The quantitative estimate of drug-likeness (QED) is 0.695. The van der Waals surface area contributed by atoms with Crippen molar-refractivity contribution in [2.24, 2.45) is 5.92 Å². The zero-order valence-corrected chi connectivity index (χ0v) is 9.03. The lowest BCUT2D eigenvalue weighted by molar-refractivity contribution is 0.0757. The highest BCUT2D eigenvalue weighted by atomic mass is 32.2. The molecule has 4 heteroatoms. The highest BCUT2D eigenvalue weighted by Crippen LogP contribution is 2.36. The van der Waals surface area contributed by atoms with Crippen molar-refractivity contribution in [2.45, 2.75) is 38.8 Å². The molecule has 1 rings (SSSR count). The van der Waals surface area contributed by atoms with E-state index in [4.69, 9.17) is 0 Å². The minimum absolute atomic E-state index is 0.0217. The number of alkyl halides is 1. The molecule has 1 aliphatic heterocycles. The summed E-state index contributed by atoms with van der Waals surface area (Å²) in [6.45, 7) is 3.80. The molecule has 1 fully saturated rings. The smallest absolute Gasteiger partial charge is 0.150 e. The minimum atomic E-state index is -2.94. The van der Waals surface area contributed by atoms with E-state index in [1.165, 1.54) is 0 Å². The van der Waals surface area contributed by atoms with Crippen molar-refractivity contribution in [2.75, 3.05) is 11.5 Å². The second-order valence-corrected chi connectivity index (χ2v) is 6.30. The first-order valence-corrected chi connectivity index (χ1v) is 6.61. The monoisotopic (exact) mass is 208 g/mol. The fourth-order valence-corrected chi connectivity index (χ4v) is 3.24. The van der Waals surface area contributed by atoms with Gasteiger partial charge in [0.15, 0.2) is 9.84 Å². The molecule has 0 bridgehead atoms. The van der Waals surface area contributed by atoms with Gasteiger partial charge >= 0.3 is 0 Å². The van der Waals surface area contributed by atoms with Crippen molar-refractivity contribution in [3.05, 3.63) is 0 Å². The number of halogens is 1. The number of hydrogen-bond donors (Lipinski definition) is 0. The second kappa shape index (κ2) is 3.56. The van der Waals surface area contributed by atoms with Gasteiger partial charge in [-0.1, -0.05) is 20.3 Å². The van der Waals surface area contributed by atoms with E-state index in [0.29, 0.717) is 0 Å². The van der Waals surface area contributed by atoms with Gasteiger partial charge in [0.05, 0.1) is 11.5 Å². The maximum atomic E-state index is 14.0. The van der Waals surface area contributed by atoms with Crippen LogP contribution in [0, 0.1) is 5.92 Å². The number of hydrogen-bond acceptors (Lipinski definition) is 2. The van der Waals surface area contributed by atoms with Crippen LogP contribution in [0.15, 0.2) is 0 Å². The van der Waals surface area contributed by atoms with Crippen LogP contribution < -0.4 is 0 Å². The van der Waals surface area contributed by atoms with Crippen LogP contribution in [0.4, 0.5) is 4.39 Å². The molecule has 0 aliphatic carbocycles. The van der Waals surface area contributed by atoms with E-state index in [0.717, 1.165) is 6.42 Å². The summed E-state index contributed by atoms with van der Waals surface area (Å²) in [6.07, 6.45) is 1.14. The third-order valence-electron chi connectivity index (χ3n) is 3.15. The van der Waals surface area contributed by atoms with Gasteiger partial charge in [-0.15, -0.1) is 0 Å². The van der Waals surface area contributed by atoms with Crippen LogP contribution in [0.3, 0.4) is 0 Å². The molecule has 0 aromatic carbocycles. The van der Waals surface area contributed by atoms with Crippen molar-refractivity contribution in [1.29, 1.82) is 0 Å². The Hall–Kier alpha value is -0.120. The molecule has 1 aliphatic rings. The highest BCUT2D eigenvalue weighted by Gasteiger charge is 2.40. The van der Waals surface area contributed by atoms with Crippen molar-refractivity contribution in [1.82, 2.24) is 0 Å². The Morgan fingerprint density at radius 3 is 2.23 bits per heavy atom. The van der Waals surface area contributed by atoms with Gasteiger partial charge in [-0.2, -0.15) is 0 Å². The first-order valence-electron chi connectivity index (χ1n) is 4.79. The van der Waals surface area contributed by atoms with Gasteiger partial charge in [-0.05, 0) is 18.8 Å².